The molecule has 0 unspecified atom stereocenters. The summed E-state index contributed by atoms with van der Waals surface area (Å²) in [7, 11) is 1.95. The van der Waals surface area contributed by atoms with E-state index in [2.05, 4.69) is 15.5 Å². The second-order valence-electron chi connectivity index (χ2n) is 4.30. The standard InChI is InChI=1S/C11H19N3O/c1-12-7-3-6-10-13-14-11(15-10)8-9-4-2-5-9/h9,12H,2-8H2,1H3. The molecule has 1 aliphatic rings. The first-order valence-electron chi connectivity index (χ1n) is 5.84. The van der Waals surface area contributed by atoms with Crippen molar-refractivity contribution in [1.29, 1.82) is 0 Å². The Kier molecular flexibility index (Phi) is 3.72. The van der Waals surface area contributed by atoms with Gasteiger partial charge in [0.05, 0.1) is 0 Å². The summed E-state index contributed by atoms with van der Waals surface area (Å²) in [6.45, 7) is 1.00. The third-order valence-corrected chi connectivity index (χ3v) is 3.01. The van der Waals surface area contributed by atoms with E-state index in [1.807, 2.05) is 7.05 Å². The molecular formula is C11H19N3O. The van der Waals surface area contributed by atoms with Crippen LogP contribution in [-0.2, 0) is 12.8 Å². The lowest BCUT2D eigenvalue weighted by Crippen LogP contribution is -2.13. The normalized spacial score (nSPS) is 16.6. The Labute approximate surface area is 90.5 Å². The topological polar surface area (TPSA) is 51.0 Å². The first kappa shape index (κ1) is 10.6. The third-order valence-electron chi connectivity index (χ3n) is 3.01. The van der Waals surface area contributed by atoms with Crippen LogP contribution in [0.15, 0.2) is 4.42 Å². The van der Waals surface area contributed by atoms with E-state index in [-0.39, 0.29) is 0 Å². The monoisotopic (exact) mass is 209 g/mol. The van der Waals surface area contributed by atoms with Gasteiger partial charge in [-0.3, -0.25) is 0 Å². The largest absolute Gasteiger partial charge is 0.425 e. The van der Waals surface area contributed by atoms with Crippen molar-refractivity contribution in [2.75, 3.05) is 13.6 Å². The molecule has 0 saturated heterocycles. The summed E-state index contributed by atoms with van der Waals surface area (Å²) < 4.78 is 5.59. The molecule has 0 bridgehead atoms. The van der Waals surface area contributed by atoms with Crippen molar-refractivity contribution in [2.45, 2.75) is 38.5 Å². The van der Waals surface area contributed by atoms with Crippen molar-refractivity contribution in [2.24, 2.45) is 5.92 Å². The van der Waals surface area contributed by atoms with E-state index in [9.17, 15) is 0 Å². The first-order chi connectivity index (χ1) is 7.38. The van der Waals surface area contributed by atoms with E-state index in [0.29, 0.717) is 0 Å². The van der Waals surface area contributed by atoms with Crippen molar-refractivity contribution in [3.63, 3.8) is 0 Å². The smallest absolute Gasteiger partial charge is 0.216 e. The van der Waals surface area contributed by atoms with Gasteiger partial charge >= 0.3 is 0 Å². The minimum atomic E-state index is 0.791. The Morgan fingerprint density at radius 2 is 2.13 bits per heavy atom. The highest BCUT2D eigenvalue weighted by atomic mass is 16.4. The van der Waals surface area contributed by atoms with Crippen molar-refractivity contribution >= 4 is 0 Å². The second kappa shape index (κ2) is 5.26. The van der Waals surface area contributed by atoms with Crippen LogP contribution in [0.2, 0.25) is 0 Å². The quantitative estimate of drug-likeness (QED) is 0.722. The highest BCUT2D eigenvalue weighted by Crippen LogP contribution is 2.29. The van der Waals surface area contributed by atoms with Gasteiger partial charge in [0, 0.05) is 12.8 Å². The summed E-state index contributed by atoms with van der Waals surface area (Å²) >= 11 is 0. The first-order valence-corrected chi connectivity index (χ1v) is 5.84. The maximum atomic E-state index is 5.59. The molecule has 1 aromatic heterocycles. The van der Waals surface area contributed by atoms with E-state index in [0.717, 1.165) is 43.5 Å². The molecule has 84 valence electrons. The molecule has 1 fully saturated rings. The fourth-order valence-electron chi connectivity index (χ4n) is 1.83. The molecular weight excluding hydrogens is 190 g/mol. The van der Waals surface area contributed by atoms with Gasteiger partial charge in [0.25, 0.3) is 0 Å². The van der Waals surface area contributed by atoms with Gasteiger partial charge in [-0.1, -0.05) is 6.42 Å². The van der Waals surface area contributed by atoms with Crippen LogP contribution in [0.4, 0.5) is 0 Å². The molecule has 1 aromatic rings. The lowest BCUT2D eigenvalue weighted by atomic mass is 9.83. The lowest BCUT2D eigenvalue weighted by Gasteiger charge is -2.23. The molecule has 0 atom stereocenters. The third kappa shape index (κ3) is 3.02. The maximum absolute atomic E-state index is 5.59. The predicted octanol–water partition coefficient (Wildman–Crippen LogP) is 1.56. The number of nitrogens with one attached hydrogen (secondary N) is 1. The molecule has 2 rings (SSSR count). The minimum Gasteiger partial charge on any atom is -0.425 e. The van der Waals surface area contributed by atoms with Crippen molar-refractivity contribution in [3.8, 4) is 0 Å². The highest BCUT2D eigenvalue weighted by molar-refractivity contribution is 4.86. The number of nitrogens with zero attached hydrogens (tertiary/aromatic N) is 2. The number of rotatable bonds is 6. The lowest BCUT2D eigenvalue weighted by molar-refractivity contribution is 0.286. The van der Waals surface area contributed by atoms with Crippen LogP contribution in [0.3, 0.4) is 0 Å². The molecule has 1 saturated carbocycles. The molecule has 0 aromatic carbocycles. The maximum Gasteiger partial charge on any atom is 0.216 e. The van der Waals surface area contributed by atoms with Gasteiger partial charge < -0.3 is 9.73 Å². The van der Waals surface area contributed by atoms with Crippen molar-refractivity contribution in [1.82, 2.24) is 15.5 Å². The fourth-order valence-corrected chi connectivity index (χ4v) is 1.83. The molecule has 1 aliphatic carbocycles. The van der Waals surface area contributed by atoms with E-state index in [1.54, 1.807) is 0 Å². The molecule has 15 heavy (non-hydrogen) atoms. The Morgan fingerprint density at radius 3 is 2.80 bits per heavy atom. The van der Waals surface area contributed by atoms with Crippen molar-refractivity contribution in [3.05, 3.63) is 11.8 Å². The predicted molar refractivity (Wildman–Crippen MR) is 57.6 cm³/mol. The zero-order chi connectivity index (χ0) is 10.5. The molecule has 1 heterocycles. The van der Waals surface area contributed by atoms with Crippen LogP contribution < -0.4 is 5.32 Å². The second-order valence-corrected chi connectivity index (χ2v) is 4.30. The highest BCUT2D eigenvalue weighted by Gasteiger charge is 2.20. The van der Waals surface area contributed by atoms with E-state index < -0.39 is 0 Å². The Hall–Kier alpha value is -0.900. The number of aryl methyl sites for hydroxylation is 1. The zero-order valence-electron chi connectivity index (χ0n) is 9.33. The molecule has 1 N–H and O–H groups in total. The number of hydrogen-bond donors (Lipinski definition) is 1. The average molecular weight is 209 g/mol. The zero-order valence-corrected chi connectivity index (χ0v) is 9.33. The number of hydrogen-bond acceptors (Lipinski definition) is 4. The van der Waals surface area contributed by atoms with Crippen LogP contribution in [0.5, 0.6) is 0 Å². The van der Waals surface area contributed by atoms with E-state index >= 15 is 0 Å². The Morgan fingerprint density at radius 1 is 1.33 bits per heavy atom. The summed E-state index contributed by atoms with van der Waals surface area (Å²) in [5, 5.41) is 11.2. The Bertz CT molecular complexity index is 294. The SMILES string of the molecule is CNCCCc1nnc(CC2CCC2)o1. The van der Waals surface area contributed by atoms with Gasteiger partial charge in [-0.15, -0.1) is 10.2 Å². The van der Waals surface area contributed by atoms with Gasteiger partial charge in [0.15, 0.2) is 0 Å². The van der Waals surface area contributed by atoms with Crippen LogP contribution in [-0.4, -0.2) is 23.8 Å². The van der Waals surface area contributed by atoms with Crippen LogP contribution in [0.25, 0.3) is 0 Å². The molecule has 4 heteroatoms. The molecule has 0 amide bonds. The van der Waals surface area contributed by atoms with Gasteiger partial charge in [0.2, 0.25) is 11.8 Å². The summed E-state index contributed by atoms with van der Waals surface area (Å²) in [6, 6.07) is 0. The average Bonchev–Trinajstić information content (AvgIpc) is 2.60. The minimum absolute atomic E-state index is 0.791. The summed E-state index contributed by atoms with van der Waals surface area (Å²) in [6.07, 6.45) is 6.96. The van der Waals surface area contributed by atoms with Gasteiger partial charge in [-0.2, -0.15) is 0 Å². The molecule has 0 spiro atoms. The van der Waals surface area contributed by atoms with E-state index in [1.165, 1.54) is 19.3 Å². The van der Waals surface area contributed by atoms with Crippen LogP contribution in [0.1, 0.15) is 37.5 Å². The number of aromatic nitrogens is 2. The molecule has 0 radical (unpaired) electrons. The van der Waals surface area contributed by atoms with Gasteiger partial charge in [-0.05, 0) is 38.8 Å². The molecule has 0 aliphatic heterocycles. The van der Waals surface area contributed by atoms with Gasteiger partial charge in [0.1, 0.15) is 0 Å². The van der Waals surface area contributed by atoms with Crippen molar-refractivity contribution < 1.29 is 4.42 Å². The van der Waals surface area contributed by atoms with Crippen LogP contribution >= 0.6 is 0 Å². The summed E-state index contributed by atoms with van der Waals surface area (Å²) in [4.78, 5) is 0. The fraction of sp³-hybridized carbons (Fsp3) is 0.818. The van der Waals surface area contributed by atoms with E-state index in [4.69, 9.17) is 4.42 Å². The molecule has 4 nitrogen and oxygen atoms in total. The van der Waals surface area contributed by atoms with Gasteiger partial charge in [-0.25, -0.2) is 0 Å². The summed E-state index contributed by atoms with van der Waals surface area (Å²) in [5.74, 6) is 2.43. The Balaban J connectivity index is 1.75. The van der Waals surface area contributed by atoms with Crippen LogP contribution in [0, 0.1) is 5.92 Å². The summed E-state index contributed by atoms with van der Waals surface area (Å²) in [5.41, 5.74) is 0.